The van der Waals surface area contributed by atoms with Crippen LogP contribution in [-0.4, -0.2) is 58.0 Å². The van der Waals surface area contributed by atoms with E-state index in [9.17, 15) is 4.79 Å². The molecule has 1 aromatic rings. The normalized spacial score (nSPS) is 18.5. The summed E-state index contributed by atoms with van der Waals surface area (Å²) >= 11 is 0. The molecule has 0 spiro atoms. The van der Waals surface area contributed by atoms with Crippen molar-refractivity contribution >= 4 is 11.7 Å². The minimum atomic E-state index is -0.0888. The smallest absolute Gasteiger partial charge is 0.321 e. The van der Waals surface area contributed by atoms with Crippen molar-refractivity contribution in [1.82, 2.24) is 19.8 Å². The average molecular weight is 319 g/mol. The van der Waals surface area contributed by atoms with Crippen molar-refractivity contribution in [3.8, 4) is 0 Å². The highest BCUT2D eigenvalue weighted by Crippen LogP contribution is 2.19. The zero-order valence-electron chi connectivity index (χ0n) is 15.0. The highest BCUT2D eigenvalue weighted by atomic mass is 16.2. The maximum absolute atomic E-state index is 12.4. The number of nitrogens with zero attached hydrogens (tertiary/aromatic N) is 4. The summed E-state index contributed by atoms with van der Waals surface area (Å²) in [7, 11) is 0. The van der Waals surface area contributed by atoms with E-state index in [1.807, 2.05) is 4.90 Å². The third kappa shape index (κ3) is 4.41. The van der Waals surface area contributed by atoms with Crippen LogP contribution in [0.15, 0.2) is 12.4 Å². The number of hydrogen-bond donors (Lipinski definition) is 1. The summed E-state index contributed by atoms with van der Waals surface area (Å²) in [4.78, 5) is 25.4. The highest BCUT2D eigenvalue weighted by Gasteiger charge is 2.29. The zero-order valence-corrected chi connectivity index (χ0v) is 15.0. The van der Waals surface area contributed by atoms with Gasteiger partial charge in [-0.2, -0.15) is 0 Å². The zero-order chi connectivity index (χ0) is 17.0. The Hall–Kier alpha value is -1.69. The van der Waals surface area contributed by atoms with Gasteiger partial charge in [0.05, 0.1) is 18.1 Å². The first-order valence-corrected chi connectivity index (χ1v) is 8.47. The molecule has 1 aromatic heterocycles. The molecule has 23 heavy (non-hydrogen) atoms. The van der Waals surface area contributed by atoms with Gasteiger partial charge in [-0.3, -0.25) is 4.90 Å². The Balaban J connectivity index is 1.92. The van der Waals surface area contributed by atoms with E-state index in [0.717, 1.165) is 38.4 Å². The molecular weight excluding hydrogens is 290 g/mol. The second-order valence-electron chi connectivity index (χ2n) is 7.09. The molecule has 0 unspecified atom stereocenters. The van der Waals surface area contributed by atoms with Gasteiger partial charge < -0.3 is 10.2 Å². The number of aromatic nitrogens is 2. The predicted octanol–water partition coefficient (Wildman–Crippen LogP) is 2.72. The van der Waals surface area contributed by atoms with E-state index in [-0.39, 0.29) is 11.4 Å². The van der Waals surface area contributed by atoms with Crippen LogP contribution in [0, 0.1) is 0 Å². The lowest BCUT2D eigenvalue weighted by molar-refractivity contribution is 0.202. The van der Waals surface area contributed by atoms with Crippen molar-refractivity contribution in [2.24, 2.45) is 0 Å². The van der Waals surface area contributed by atoms with Crippen LogP contribution in [0.4, 0.5) is 10.5 Å². The standard InChI is InChI=1S/C17H29N5O/c1-6-21(7-2)14-8-9-22(12-14)16(23)20-13-10-18-15(19-11-13)17(3,4)5/h10-11,14H,6-9,12H2,1-5H3,(H,20,23)/t14-/m1/s1. The first kappa shape index (κ1) is 17.7. The van der Waals surface area contributed by atoms with Gasteiger partial charge >= 0.3 is 6.03 Å². The number of rotatable bonds is 4. The summed E-state index contributed by atoms with van der Waals surface area (Å²) in [5.74, 6) is 0.776. The monoisotopic (exact) mass is 319 g/mol. The molecule has 0 aliphatic carbocycles. The van der Waals surface area contributed by atoms with E-state index < -0.39 is 0 Å². The Kier molecular flexibility index (Phi) is 5.57. The van der Waals surface area contributed by atoms with Crippen LogP contribution >= 0.6 is 0 Å². The molecule has 1 saturated heterocycles. The molecule has 6 nitrogen and oxygen atoms in total. The number of likely N-dealkylation sites (N-methyl/N-ethyl adjacent to an activating group) is 1. The van der Waals surface area contributed by atoms with Gasteiger partial charge in [0.15, 0.2) is 0 Å². The highest BCUT2D eigenvalue weighted by molar-refractivity contribution is 5.89. The van der Waals surface area contributed by atoms with Crippen molar-refractivity contribution in [3.05, 3.63) is 18.2 Å². The second kappa shape index (κ2) is 7.25. The van der Waals surface area contributed by atoms with Gasteiger partial charge in [-0.15, -0.1) is 0 Å². The fourth-order valence-electron chi connectivity index (χ4n) is 2.95. The van der Waals surface area contributed by atoms with Crippen LogP contribution < -0.4 is 5.32 Å². The van der Waals surface area contributed by atoms with Crippen molar-refractivity contribution in [2.45, 2.75) is 52.5 Å². The SMILES string of the molecule is CCN(CC)[C@@H]1CCN(C(=O)Nc2cnc(C(C)(C)C)nc2)C1. The summed E-state index contributed by atoms with van der Waals surface area (Å²) < 4.78 is 0. The van der Waals surface area contributed by atoms with Crippen molar-refractivity contribution in [3.63, 3.8) is 0 Å². The van der Waals surface area contributed by atoms with E-state index in [0.29, 0.717) is 11.7 Å². The summed E-state index contributed by atoms with van der Waals surface area (Å²) in [5, 5.41) is 2.90. The van der Waals surface area contributed by atoms with Crippen LogP contribution in [0.1, 0.15) is 46.9 Å². The Morgan fingerprint density at radius 2 is 1.91 bits per heavy atom. The maximum atomic E-state index is 12.4. The van der Waals surface area contributed by atoms with Gasteiger partial charge in [-0.05, 0) is 19.5 Å². The first-order chi connectivity index (χ1) is 10.8. The molecule has 128 valence electrons. The fraction of sp³-hybridized carbons (Fsp3) is 0.706. The summed E-state index contributed by atoms with van der Waals surface area (Å²) in [5.41, 5.74) is 0.559. The Labute approximate surface area is 139 Å². The van der Waals surface area contributed by atoms with Gasteiger partial charge in [0, 0.05) is 24.5 Å². The van der Waals surface area contributed by atoms with Gasteiger partial charge in [0.25, 0.3) is 0 Å². The molecule has 0 saturated carbocycles. The molecule has 2 amide bonds. The molecule has 0 bridgehead atoms. The molecule has 1 fully saturated rings. The number of anilines is 1. The molecule has 1 N–H and O–H groups in total. The van der Waals surface area contributed by atoms with Gasteiger partial charge in [-0.1, -0.05) is 34.6 Å². The summed E-state index contributed by atoms with van der Waals surface area (Å²) in [6, 6.07) is 0.405. The first-order valence-electron chi connectivity index (χ1n) is 8.47. The van der Waals surface area contributed by atoms with Crippen molar-refractivity contribution in [1.29, 1.82) is 0 Å². The number of carbonyl (C=O) groups is 1. The molecule has 6 heteroatoms. The number of nitrogens with one attached hydrogen (secondary N) is 1. The molecule has 2 rings (SSSR count). The number of likely N-dealkylation sites (tertiary alicyclic amines) is 1. The largest absolute Gasteiger partial charge is 0.323 e. The number of urea groups is 1. The van der Waals surface area contributed by atoms with Gasteiger partial charge in [0.2, 0.25) is 0 Å². The maximum Gasteiger partial charge on any atom is 0.321 e. The minimum absolute atomic E-state index is 0.0632. The van der Waals surface area contributed by atoms with Crippen molar-refractivity contribution in [2.75, 3.05) is 31.5 Å². The molecule has 1 aliphatic rings. The van der Waals surface area contributed by atoms with E-state index in [4.69, 9.17) is 0 Å². The van der Waals surface area contributed by atoms with Crippen LogP contribution in [0.5, 0.6) is 0 Å². The number of carbonyl (C=O) groups excluding carboxylic acids is 1. The third-order valence-corrected chi connectivity index (χ3v) is 4.35. The molecule has 2 heterocycles. The number of hydrogen-bond acceptors (Lipinski definition) is 4. The molecular formula is C17H29N5O. The quantitative estimate of drug-likeness (QED) is 0.927. The number of amides is 2. The Bertz CT molecular complexity index is 519. The Morgan fingerprint density at radius 1 is 1.30 bits per heavy atom. The van der Waals surface area contributed by atoms with Crippen LogP contribution in [-0.2, 0) is 5.41 Å². The third-order valence-electron chi connectivity index (χ3n) is 4.35. The van der Waals surface area contributed by atoms with Crippen LogP contribution in [0.25, 0.3) is 0 Å². The Morgan fingerprint density at radius 3 is 2.43 bits per heavy atom. The lowest BCUT2D eigenvalue weighted by atomic mass is 9.96. The van der Waals surface area contributed by atoms with Crippen LogP contribution in [0.3, 0.4) is 0 Å². The fourth-order valence-corrected chi connectivity index (χ4v) is 2.95. The van der Waals surface area contributed by atoms with Crippen LogP contribution in [0.2, 0.25) is 0 Å². The minimum Gasteiger partial charge on any atom is -0.323 e. The van der Waals surface area contributed by atoms with Crippen molar-refractivity contribution < 1.29 is 4.79 Å². The van der Waals surface area contributed by atoms with E-state index >= 15 is 0 Å². The molecule has 0 aromatic carbocycles. The van der Waals surface area contributed by atoms with Gasteiger partial charge in [-0.25, -0.2) is 14.8 Å². The molecule has 0 radical (unpaired) electrons. The summed E-state index contributed by atoms with van der Waals surface area (Å²) in [6.45, 7) is 14.2. The lowest BCUT2D eigenvalue weighted by Gasteiger charge is -2.26. The molecule has 1 aliphatic heterocycles. The predicted molar refractivity (Wildman–Crippen MR) is 92.6 cm³/mol. The summed E-state index contributed by atoms with van der Waals surface area (Å²) in [6.07, 6.45) is 4.40. The molecule has 1 atom stereocenters. The van der Waals surface area contributed by atoms with E-state index in [1.165, 1.54) is 0 Å². The van der Waals surface area contributed by atoms with E-state index in [1.54, 1.807) is 12.4 Å². The lowest BCUT2D eigenvalue weighted by Crippen LogP contribution is -2.39. The average Bonchev–Trinajstić information content (AvgIpc) is 2.98. The second-order valence-corrected chi connectivity index (χ2v) is 7.09. The topological polar surface area (TPSA) is 61.4 Å². The van der Waals surface area contributed by atoms with Gasteiger partial charge in [0.1, 0.15) is 5.82 Å². The van der Waals surface area contributed by atoms with E-state index in [2.05, 4.69) is 54.8 Å².